The molecule has 0 aromatic carbocycles. The molecule has 1 atom stereocenters. The second-order valence-corrected chi connectivity index (χ2v) is 5.64. The summed E-state index contributed by atoms with van der Waals surface area (Å²) in [5, 5.41) is 0. The number of hydrogen-bond acceptors (Lipinski definition) is 3. The number of likely N-dealkylation sites (N-methyl/N-ethyl adjacent to an activating group) is 1. The molecule has 1 aliphatic heterocycles. The maximum absolute atomic E-state index is 5.74. The highest BCUT2D eigenvalue weighted by Crippen LogP contribution is 2.29. The normalized spacial score (nSPS) is 21.4. The second kappa shape index (κ2) is 7.65. The molecule has 0 aliphatic carbocycles. The number of thiol groups is 1. The quantitative estimate of drug-likeness (QED) is 0.672. The van der Waals surface area contributed by atoms with Gasteiger partial charge in [0, 0.05) is 19.7 Å². The molecule has 0 bridgehead atoms. The van der Waals surface area contributed by atoms with E-state index in [1.807, 2.05) is 0 Å². The zero-order chi connectivity index (χ0) is 12.7. The number of hydrogen-bond donors (Lipinski definition) is 1. The van der Waals surface area contributed by atoms with Crippen LogP contribution in [-0.4, -0.2) is 43.0 Å². The highest BCUT2D eigenvalue weighted by atomic mass is 32.1. The molecule has 1 saturated heterocycles. The molecule has 17 heavy (non-hydrogen) atoms. The second-order valence-electron chi connectivity index (χ2n) is 5.33. The fraction of sp³-hybridized carbons (Fsp3) is 1.00. The summed E-state index contributed by atoms with van der Waals surface area (Å²) < 4.78 is 5.74. The Bertz CT molecular complexity index is 192. The molecule has 0 spiro atoms. The molecule has 3 heteroatoms. The Morgan fingerprint density at radius 3 is 2.41 bits per heavy atom. The fourth-order valence-corrected chi connectivity index (χ4v) is 3.15. The first-order chi connectivity index (χ1) is 8.19. The first-order valence-corrected chi connectivity index (χ1v) is 7.77. The Labute approximate surface area is 113 Å². The van der Waals surface area contributed by atoms with Crippen molar-refractivity contribution in [1.29, 1.82) is 0 Å². The lowest BCUT2D eigenvalue weighted by Gasteiger charge is -2.36. The van der Waals surface area contributed by atoms with Gasteiger partial charge in [0.15, 0.2) is 0 Å². The van der Waals surface area contributed by atoms with Gasteiger partial charge < -0.3 is 9.64 Å². The molecule has 1 aliphatic rings. The van der Waals surface area contributed by atoms with Gasteiger partial charge in [-0.1, -0.05) is 20.8 Å². The topological polar surface area (TPSA) is 12.5 Å². The number of rotatable bonds is 8. The van der Waals surface area contributed by atoms with Crippen LogP contribution in [0.15, 0.2) is 0 Å². The molecule has 1 heterocycles. The lowest BCUT2D eigenvalue weighted by atomic mass is 9.83. The monoisotopic (exact) mass is 259 g/mol. The molecule has 102 valence electrons. The molecule has 1 fully saturated rings. The smallest absolute Gasteiger partial charge is 0.0702 e. The van der Waals surface area contributed by atoms with Crippen molar-refractivity contribution in [1.82, 2.24) is 4.90 Å². The molecule has 0 radical (unpaired) electrons. The van der Waals surface area contributed by atoms with E-state index in [0.29, 0.717) is 11.5 Å². The van der Waals surface area contributed by atoms with Crippen LogP contribution in [0.4, 0.5) is 0 Å². The molecule has 0 amide bonds. The van der Waals surface area contributed by atoms with E-state index in [2.05, 4.69) is 38.3 Å². The molecule has 2 nitrogen and oxygen atoms in total. The fourth-order valence-electron chi connectivity index (χ4n) is 2.60. The van der Waals surface area contributed by atoms with Crippen molar-refractivity contribution in [2.75, 3.05) is 32.0 Å². The summed E-state index contributed by atoms with van der Waals surface area (Å²) in [6.45, 7) is 11.2. The van der Waals surface area contributed by atoms with Gasteiger partial charge in [-0.3, -0.25) is 0 Å². The van der Waals surface area contributed by atoms with Crippen LogP contribution in [-0.2, 0) is 4.74 Å². The van der Waals surface area contributed by atoms with Gasteiger partial charge in [-0.15, -0.1) is 0 Å². The van der Waals surface area contributed by atoms with Crippen molar-refractivity contribution >= 4 is 12.6 Å². The summed E-state index contributed by atoms with van der Waals surface area (Å²) in [6.07, 6.45) is 5.38. The predicted molar refractivity (Wildman–Crippen MR) is 78.0 cm³/mol. The molecule has 0 aromatic heterocycles. The maximum atomic E-state index is 5.74. The molecule has 0 saturated carbocycles. The molecule has 1 rings (SSSR count). The summed E-state index contributed by atoms with van der Waals surface area (Å²) in [7, 11) is 0. The number of nitrogens with zero attached hydrogens (tertiary/aromatic N) is 1. The zero-order valence-corrected chi connectivity index (χ0v) is 12.6. The van der Waals surface area contributed by atoms with Gasteiger partial charge in [-0.25, -0.2) is 0 Å². The van der Waals surface area contributed by atoms with E-state index in [1.54, 1.807) is 0 Å². The van der Waals surface area contributed by atoms with Crippen LogP contribution in [0.1, 0.15) is 46.5 Å². The first-order valence-electron chi connectivity index (χ1n) is 7.14. The van der Waals surface area contributed by atoms with E-state index in [0.717, 1.165) is 25.4 Å². The van der Waals surface area contributed by atoms with E-state index < -0.39 is 0 Å². The Hall–Kier alpha value is 0.270. The predicted octanol–water partition coefficient (Wildman–Crippen LogP) is 3.22. The lowest BCUT2D eigenvalue weighted by Crippen LogP contribution is -2.42. The van der Waals surface area contributed by atoms with Crippen LogP contribution in [0.5, 0.6) is 0 Å². The van der Waals surface area contributed by atoms with Crippen molar-refractivity contribution in [2.24, 2.45) is 5.41 Å². The van der Waals surface area contributed by atoms with Crippen LogP contribution in [0.2, 0.25) is 0 Å². The molecular weight excluding hydrogens is 230 g/mol. The lowest BCUT2D eigenvalue weighted by molar-refractivity contribution is 0.0579. The van der Waals surface area contributed by atoms with E-state index in [-0.39, 0.29) is 0 Å². The summed E-state index contributed by atoms with van der Waals surface area (Å²) in [5.74, 6) is 0.988. The summed E-state index contributed by atoms with van der Waals surface area (Å²) in [5.41, 5.74) is 0.387. The van der Waals surface area contributed by atoms with Gasteiger partial charge in [0.25, 0.3) is 0 Å². The third kappa shape index (κ3) is 4.46. The van der Waals surface area contributed by atoms with Crippen molar-refractivity contribution in [2.45, 2.75) is 52.6 Å². The van der Waals surface area contributed by atoms with E-state index in [1.165, 1.54) is 32.2 Å². The maximum Gasteiger partial charge on any atom is 0.0702 e. The third-order valence-electron chi connectivity index (χ3n) is 4.33. The van der Waals surface area contributed by atoms with Gasteiger partial charge in [0.2, 0.25) is 0 Å². The van der Waals surface area contributed by atoms with E-state index >= 15 is 0 Å². The highest BCUT2D eigenvalue weighted by Gasteiger charge is 2.28. The van der Waals surface area contributed by atoms with Gasteiger partial charge >= 0.3 is 0 Å². The van der Waals surface area contributed by atoms with E-state index in [9.17, 15) is 0 Å². The SMILES string of the molecule is CCN(CC1CCCO1)CC(CC)(CC)CS. The van der Waals surface area contributed by atoms with Crippen molar-refractivity contribution in [3.8, 4) is 0 Å². The Balaban J connectivity index is 2.48. The summed E-state index contributed by atoms with van der Waals surface area (Å²) in [6, 6.07) is 0. The largest absolute Gasteiger partial charge is 0.377 e. The van der Waals surface area contributed by atoms with Crippen LogP contribution < -0.4 is 0 Å². The molecule has 0 N–H and O–H groups in total. The minimum atomic E-state index is 0.387. The van der Waals surface area contributed by atoms with Crippen molar-refractivity contribution < 1.29 is 4.74 Å². The van der Waals surface area contributed by atoms with Gasteiger partial charge in [-0.05, 0) is 43.4 Å². The van der Waals surface area contributed by atoms with Crippen LogP contribution in [0, 0.1) is 5.41 Å². The van der Waals surface area contributed by atoms with Gasteiger partial charge in [0.1, 0.15) is 0 Å². The van der Waals surface area contributed by atoms with Gasteiger partial charge in [0.05, 0.1) is 6.10 Å². The third-order valence-corrected chi connectivity index (χ3v) is 5.00. The van der Waals surface area contributed by atoms with Crippen LogP contribution in [0.25, 0.3) is 0 Å². The average molecular weight is 259 g/mol. The zero-order valence-electron chi connectivity index (χ0n) is 11.7. The Morgan fingerprint density at radius 2 is 2.00 bits per heavy atom. The molecular formula is C14H29NOS. The standard InChI is InChI=1S/C14H29NOS/c1-4-14(5-2,12-17)11-15(6-3)10-13-8-7-9-16-13/h13,17H,4-12H2,1-3H3. The Morgan fingerprint density at radius 1 is 1.29 bits per heavy atom. The summed E-state index contributed by atoms with van der Waals surface area (Å²) >= 11 is 4.57. The highest BCUT2D eigenvalue weighted by molar-refractivity contribution is 7.80. The minimum Gasteiger partial charge on any atom is -0.377 e. The molecule has 0 aromatic rings. The van der Waals surface area contributed by atoms with Crippen molar-refractivity contribution in [3.63, 3.8) is 0 Å². The molecule has 1 unspecified atom stereocenters. The van der Waals surface area contributed by atoms with Crippen LogP contribution >= 0.6 is 12.6 Å². The van der Waals surface area contributed by atoms with Crippen LogP contribution in [0.3, 0.4) is 0 Å². The van der Waals surface area contributed by atoms with Gasteiger partial charge in [-0.2, -0.15) is 12.6 Å². The summed E-state index contributed by atoms with van der Waals surface area (Å²) in [4.78, 5) is 2.55. The Kier molecular flexibility index (Phi) is 6.90. The first kappa shape index (κ1) is 15.3. The minimum absolute atomic E-state index is 0.387. The van der Waals surface area contributed by atoms with Crippen molar-refractivity contribution in [3.05, 3.63) is 0 Å². The average Bonchev–Trinajstić information content (AvgIpc) is 2.87. The van der Waals surface area contributed by atoms with E-state index in [4.69, 9.17) is 4.74 Å². The number of ether oxygens (including phenoxy) is 1.